The van der Waals surface area contributed by atoms with E-state index in [0.29, 0.717) is 4.88 Å². The highest BCUT2D eigenvalue weighted by Gasteiger charge is 2.57. The fourth-order valence-corrected chi connectivity index (χ4v) is 4.36. The van der Waals surface area contributed by atoms with Crippen LogP contribution in [0.5, 0.6) is 0 Å². The lowest BCUT2D eigenvalue weighted by Crippen LogP contribution is -2.46. The molecular weight excluding hydrogens is 288 g/mol. The summed E-state index contributed by atoms with van der Waals surface area (Å²) in [5.74, 6) is -1.21. The van der Waals surface area contributed by atoms with E-state index in [0.717, 1.165) is 17.9 Å². The zero-order chi connectivity index (χ0) is 14.6. The second-order valence-electron chi connectivity index (χ2n) is 5.77. The van der Waals surface area contributed by atoms with Gasteiger partial charge in [0.05, 0.1) is 16.7 Å². The highest BCUT2D eigenvalue weighted by atomic mass is 32.1. The molecule has 4 unspecified atom stereocenters. The second kappa shape index (κ2) is 4.53. The summed E-state index contributed by atoms with van der Waals surface area (Å²) in [6.07, 6.45) is 6.03. The molecule has 2 fully saturated rings. The van der Waals surface area contributed by atoms with Crippen LogP contribution in [0.3, 0.4) is 0 Å². The largest absolute Gasteiger partial charge is 0.280 e. The highest BCUT2D eigenvalue weighted by Crippen LogP contribution is 2.49. The molecule has 1 saturated carbocycles. The van der Waals surface area contributed by atoms with Crippen molar-refractivity contribution in [3.63, 3.8) is 0 Å². The molecule has 1 aliphatic heterocycles. The smallest absolute Gasteiger partial charge is 0.272 e. The van der Waals surface area contributed by atoms with Crippen molar-refractivity contribution < 1.29 is 14.4 Å². The number of allylic oxidation sites excluding steroid dienone is 2. The highest BCUT2D eigenvalue weighted by molar-refractivity contribution is 7.12. The van der Waals surface area contributed by atoms with Crippen LogP contribution < -0.4 is 5.43 Å². The predicted octanol–water partition coefficient (Wildman–Crippen LogP) is 1.59. The maximum absolute atomic E-state index is 12.5. The Morgan fingerprint density at radius 1 is 1.14 bits per heavy atom. The van der Waals surface area contributed by atoms with Gasteiger partial charge in [0.25, 0.3) is 17.7 Å². The molecule has 0 radical (unpaired) electrons. The molecule has 4 aliphatic rings. The molecule has 1 aromatic heterocycles. The number of fused-ring (bicyclic) bond motifs is 1. The first kappa shape index (κ1) is 12.8. The van der Waals surface area contributed by atoms with Crippen molar-refractivity contribution in [2.75, 3.05) is 0 Å². The van der Waals surface area contributed by atoms with Crippen LogP contribution >= 0.6 is 11.3 Å². The minimum atomic E-state index is -0.398. The number of carbonyl (C=O) groups is 3. The number of hydrogen-bond donors (Lipinski definition) is 1. The van der Waals surface area contributed by atoms with E-state index in [-0.39, 0.29) is 35.5 Å². The third-order valence-electron chi connectivity index (χ3n) is 4.72. The number of hydrogen-bond acceptors (Lipinski definition) is 4. The van der Waals surface area contributed by atoms with E-state index in [1.807, 2.05) is 0 Å². The predicted molar refractivity (Wildman–Crippen MR) is 76.0 cm³/mol. The first-order chi connectivity index (χ1) is 10.2. The number of nitrogens with zero attached hydrogens (tertiary/aromatic N) is 1. The molecular formula is C15H14N2O3S. The zero-order valence-electron chi connectivity index (χ0n) is 11.2. The summed E-state index contributed by atoms with van der Waals surface area (Å²) >= 11 is 1.28. The fourth-order valence-electron chi connectivity index (χ4n) is 3.75. The zero-order valence-corrected chi connectivity index (χ0v) is 12.0. The van der Waals surface area contributed by atoms with Crippen LogP contribution in [0.25, 0.3) is 0 Å². The normalized spacial score (nSPS) is 33.4. The third kappa shape index (κ3) is 1.78. The molecule has 5 rings (SSSR count). The van der Waals surface area contributed by atoms with E-state index in [1.165, 1.54) is 11.3 Å². The topological polar surface area (TPSA) is 66.5 Å². The van der Waals surface area contributed by atoms with Crippen LogP contribution in [-0.4, -0.2) is 22.7 Å². The Hall–Kier alpha value is -1.95. The number of carbonyl (C=O) groups excluding carboxylic acids is 3. The van der Waals surface area contributed by atoms with Gasteiger partial charge < -0.3 is 0 Å². The van der Waals surface area contributed by atoms with Gasteiger partial charge in [0.15, 0.2) is 0 Å². The van der Waals surface area contributed by atoms with E-state index in [4.69, 9.17) is 0 Å². The van der Waals surface area contributed by atoms with Crippen molar-refractivity contribution in [3.05, 3.63) is 34.5 Å². The SMILES string of the molecule is O=C(NN1C(=O)C2C3C=CC(CC3)C2C1=O)c1cccs1. The van der Waals surface area contributed by atoms with Crippen LogP contribution in [0, 0.1) is 23.7 Å². The minimum Gasteiger partial charge on any atom is -0.272 e. The summed E-state index contributed by atoms with van der Waals surface area (Å²) < 4.78 is 0. The Balaban J connectivity index is 1.59. The fraction of sp³-hybridized carbons (Fsp3) is 0.400. The van der Waals surface area contributed by atoms with Gasteiger partial charge in [-0.2, -0.15) is 5.01 Å². The molecule has 6 heteroatoms. The molecule has 3 amide bonds. The maximum atomic E-state index is 12.5. The summed E-state index contributed by atoms with van der Waals surface area (Å²) in [6.45, 7) is 0. The molecule has 1 aromatic rings. The van der Waals surface area contributed by atoms with E-state index in [9.17, 15) is 14.4 Å². The number of amides is 3. The minimum absolute atomic E-state index is 0.139. The lowest BCUT2D eigenvalue weighted by molar-refractivity contribution is -0.142. The molecule has 4 atom stereocenters. The van der Waals surface area contributed by atoms with Gasteiger partial charge in [0.2, 0.25) is 0 Å². The first-order valence-electron chi connectivity index (χ1n) is 7.07. The van der Waals surface area contributed by atoms with Crippen molar-refractivity contribution >= 4 is 29.1 Å². The van der Waals surface area contributed by atoms with Gasteiger partial charge in [0.1, 0.15) is 0 Å². The third-order valence-corrected chi connectivity index (χ3v) is 5.59. The van der Waals surface area contributed by atoms with Crippen LogP contribution in [0.15, 0.2) is 29.7 Å². The molecule has 1 saturated heterocycles. The van der Waals surface area contributed by atoms with Gasteiger partial charge in [-0.3, -0.25) is 19.8 Å². The standard InChI is InChI=1S/C15H14N2O3S/c18-13(10-2-1-7-21-10)16-17-14(19)11-8-3-4-9(6-5-8)12(11)15(17)20/h1-4,7-9,11-12H,5-6H2,(H,16,18). The Kier molecular flexibility index (Phi) is 2.75. The number of nitrogens with one attached hydrogen (secondary N) is 1. The summed E-state index contributed by atoms with van der Waals surface area (Å²) in [6, 6.07) is 3.43. The molecule has 1 N–H and O–H groups in total. The molecule has 5 nitrogen and oxygen atoms in total. The molecule has 3 aliphatic carbocycles. The van der Waals surface area contributed by atoms with Crippen molar-refractivity contribution in [2.45, 2.75) is 12.8 Å². The molecule has 0 aromatic carbocycles. The average Bonchev–Trinajstić information content (AvgIpc) is 3.13. The summed E-state index contributed by atoms with van der Waals surface area (Å²) in [4.78, 5) is 37.6. The Morgan fingerprint density at radius 2 is 1.76 bits per heavy atom. The van der Waals surface area contributed by atoms with E-state index in [2.05, 4.69) is 17.6 Å². The molecule has 21 heavy (non-hydrogen) atoms. The summed E-state index contributed by atoms with van der Waals surface area (Å²) in [7, 11) is 0. The van der Waals surface area contributed by atoms with E-state index < -0.39 is 5.91 Å². The maximum Gasteiger partial charge on any atom is 0.280 e. The molecule has 108 valence electrons. The summed E-state index contributed by atoms with van der Waals surface area (Å²) in [5, 5.41) is 2.74. The van der Waals surface area contributed by atoms with Crippen molar-refractivity contribution in [2.24, 2.45) is 23.7 Å². The monoisotopic (exact) mass is 302 g/mol. The molecule has 0 spiro atoms. The van der Waals surface area contributed by atoms with Gasteiger partial charge in [-0.25, -0.2) is 0 Å². The number of imide groups is 1. The lowest BCUT2D eigenvalue weighted by atomic mass is 9.63. The van der Waals surface area contributed by atoms with Crippen LogP contribution in [0.2, 0.25) is 0 Å². The van der Waals surface area contributed by atoms with Gasteiger partial charge in [-0.15, -0.1) is 11.3 Å². The Bertz CT molecular complexity index is 620. The van der Waals surface area contributed by atoms with E-state index >= 15 is 0 Å². The molecule has 2 heterocycles. The van der Waals surface area contributed by atoms with Crippen LogP contribution in [-0.2, 0) is 9.59 Å². The Morgan fingerprint density at radius 3 is 2.24 bits per heavy atom. The van der Waals surface area contributed by atoms with Crippen LogP contribution in [0.4, 0.5) is 0 Å². The molecule has 2 bridgehead atoms. The number of hydrazine groups is 1. The van der Waals surface area contributed by atoms with E-state index in [1.54, 1.807) is 17.5 Å². The average molecular weight is 302 g/mol. The second-order valence-corrected chi connectivity index (χ2v) is 6.72. The quantitative estimate of drug-likeness (QED) is 0.666. The number of rotatable bonds is 2. The van der Waals surface area contributed by atoms with Crippen molar-refractivity contribution in [1.82, 2.24) is 10.4 Å². The van der Waals surface area contributed by atoms with Gasteiger partial charge >= 0.3 is 0 Å². The van der Waals surface area contributed by atoms with Crippen molar-refractivity contribution in [1.29, 1.82) is 0 Å². The Labute approximate surface area is 125 Å². The number of thiophene rings is 1. The van der Waals surface area contributed by atoms with Gasteiger partial charge in [-0.1, -0.05) is 18.2 Å². The summed E-state index contributed by atoms with van der Waals surface area (Å²) in [5.41, 5.74) is 2.48. The first-order valence-corrected chi connectivity index (χ1v) is 7.95. The van der Waals surface area contributed by atoms with Crippen LogP contribution in [0.1, 0.15) is 22.5 Å². The lowest BCUT2D eigenvalue weighted by Gasteiger charge is -2.37. The van der Waals surface area contributed by atoms with Crippen molar-refractivity contribution in [3.8, 4) is 0 Å². The van der Waals surface area contributed by atoms with Gasteiger partial charge in [-0.05, 0) is 36.1 Å². The van der Waals surface area contributed by atoms with Gasteiger partial charge in [0, 0.05) is 0 Å².